The molecule has 0 aliphatic heterocycles. The number of nitrogens with zero attached hydrogens (tertiary/aromatic N) is 2. The van der Waals surface area contributed by atoms with Crippen LogP contribution in [0, 0.1) is 12.8 Å². The molecule has 162 valence electrons. The first kappa shape index (κ1) is 21.6. The van der Waals surface area contributed by atoms with Crippen LogP contribution in [-0.2, 0) is 6.42 Å². The Kier molecular flexibility index (Phi) is 6.20. The number of carbonyl (C=O) groups excluding carboxylic acids is 1. The maximum Gasteiger partial charge on any atom is 0.233 e. The highest BCUT2D eigenvalue weighted by atomic mass is 79.9. The SMILES string of the molecule is Cc1oc(C(=O)c2cncnc2N[C@@H]2C[C@@H](C)[C@@H](O)[C@@H]2F)cc1Cc1cccc(Br)c1. The first-order valence-electron chi connectivity index (χ1n) is 10.1. The zero-order valence-electron chi connectivity index (χ0n) is 17.2. The average Bonchev–Trinajstić information content (AvgIpc) is 3.22. The number of rotatable bonds is 6. The molecule has 3 aromatic rings. The minimum Gasteiger partial charge on any atom is -0.458 e. The number of aliphatic hydroxyl groups excluding tert-OH is 1. The van der Waals surface area contributed by atoms with Crippen molar-refractivity contribution in [1.29, 1.82) is 0 Å². The van der Waals surface area contributed by atoms with Gasteiger partial charge in [0.25, 0.3) is 0 Å². The number of anilines is 1. The topological polar surface area (TPSA) is 88.2 Å². The number of alkyl halides is 1. The van der Waals surface area contributed by atoms with E-state index in [-0.39, 0.29) is 28.8 Å². The fourth-order valence-corrected chi connectivity index (χ4v) is 4.40. The molecule has 1 saturated carbocycles. The van der Waals surface area contributed by atoms with Gasteiger partial charge in [0, 0.05) is 17.1 Å². The second kappa shape index (κ2) is 8.88. The highest BCUT2D eigenvalue weighted by molar-refractivity contribution is 9.10. The van der Waals surface area contributed by atoms with Crippen LogP contribution in [0.2, 0.25) is 0 Å². The molecule has 0 radical (unpaired) electrons. The number of aryl methyl sites for hydroxylation is 1. The predicted octanol–water partition coefficient (Wildman–Crippen LogP) is 4.48. The molecule has 2 N–H and O–H groups in total. The van der Waals surface area contributed by atoms with Crippen molar-refractivity contribution in [3.63, 3.8) is 0 Å². The Balaban J connectivity index is 1.57. The van der Waals surface area contributed by atoms with Crippen molar-refractivity contribution >= 4 is 27.5 Å². The third kappa shape index (κ3) is 4.55. The zero-order chi connectivity index (χ0) is 22.1. The smallest absolute Gasteiger partial charge is 0.233 e. The minimum atomic E-state index is -1.43. The molecule has 1 aliphatic rings. The summed E-state index contributed by atoms with van der Waals surface area (Å²) in [6.07, 6.45) is 1.29. The fraction of sp³-hybridized carbons (Fsp3) is 0.348. The average molecular weight is 488 g/mol. The first-order valence-corrected chi connectivity index (χ1v) is 10.9. The second-order valence-corrected chi connectivity index (χ2v) is 8.93. The summed E-state index contributed by atoms with van der Waals surface area (Å²) in [5.74, 6) is 0.509. The van der Waals surface area contributed by atoms with Gasteiger partial charge in [-0.3, -0.25) is 4.79 Å². The highest BCUT2D eigenvalue weighted by Crippen LogP contribution is 2.32. The molecule has 1 aromatic carbocycles. The number of nitrogens with one attached hydrogen (secondary N) is 1. The summed E-state index contributed by atoms with van der Waals surface area (Å²) in [6, 6.07) is 9.04. The number of carbonyl (C=O) groups is 1. The lowest BCUT2D eigenvalue weighted by Crippen LogP contribution is -2.32. The van der Waals surface area contributed by atoms with Gasteiger partial charge in [0.2, 0.25) is 5.78 Å². The molecule has 0 amide bonds. The summed E-state index contributed by atoms with van der Waals surface area (Å²) in [6.45, 7) is 3.61. The van der Waals surface area contributed by atoms with Gasteiger partial charge in [-0.15, -0.1) is 0 Å². The van der Waals surface area contributed by atoms with Crippen LogP contribution in [0.1, 0.15) is 46.3 Å². The number of furan rings is 1. The summed E-state index contributed by atoms with van der Waals surface area (Å²) in [7, 11) is 0. The number of hydrogen-bond donors (Lipinski definition) is 2. The van der Waals surface area contributed by atoms with Gasteiger partial charge in [0.1, 0.15) is 24.1 Å². The largest absolute Gasteiger partial charge is 0.458 e. The molecule has 0 unspecified atom stereocenters. The second-order valence-electron chi connectivity index (χ2n) is 8.01. The molecular formula is C23H23BrFN3O3. The van der Waals surface area contributed by atoms with E-state index >= 15 is 0 Å². The Morgan fingerprint density at radius 1 is 1.39 bits per heavy atom. The van der Waals surface area contributed by atoms with Crippen LogP contribution in [-0.4, -0.2) is 39.2 Å². The molecule has 4 rings (SSSR count). The van der Waals surface area contributed by atoms with E-state index in [1.807, 2.05) is 31.2 Å². The van der Waals surface area contributed by atoms with Crippen LogP contribution < -0.4 is 5.32 Å². The van der Waals surface area contributed by atoms with Crippen molar-refractivity contribution in [2.75, 3.05) is 5.32 Å². The van der Waals surface area contributed by atoms with Crippen molar-refractivity contribution in [3.8, 4) is 0 Å². The third-order valence-corrected chi connectivity index (χ3v) is 6.22. The van der Waals surface area contributed by atoms with Crippen LogP contribution >= 0.6 is 15.9 Å². The number of halogens is 2. The molecule has 8 heteroatoms. The minimum absolute atomic E-state index is 0.178. The lowest BCUT2D eigenvalue weighted by Gasteiger charge is -2.17. The van der Waals surface area contributed by atoms with Crippen LogP contribution in [0.15, 0.2) is 51.7 Å². The Hall–Kier alpha value is -2.58. The summed E-state index contributed by atoms with van der Waals surface area (Å²) in [5.41, 5.74) is 2.20. The van der Waals surface area contributed by atoms with Crippen molar-refractivity contribution in [2.24, 2.45) is 5.92 Å². The highest BCUT2D eigenvalue weighted by Gasteiger charge is 2.41. The van der Waals surface area contributed by atoms with E-state index in [9.17, 15) is 14.3 Å². The van der Waals surface area contributed by atoms with Gasteiger partial charge in [0.05, 0.1) is 17.7 Å². The van der Waals surface area contributed by atoms with Gasteiger partial charge in [-0.2, -0.15) is 0 Å². The van der Waals surface area contributed by atoms with Gasteiger partial charge < -0.3 is 14.8 Å². The monoisotopic (exact) mass is 487 g/mol. The van der Waals surface area contributed by atoms with Gasteiger partial charge >= 0.3 is 0 Å². The van der Waals surface area contributed by atoms with Crippen molar-refractivity contribution in [3.05, 3.63) is 75.5 Å². The molecule has 1 aliphatic carbocycles. The number of aliphatic hydroxyl groups is 1. The predicted molar refractivity (Wildman–Crippen MR) is 118 cm³/mol. The number of ketones is 1. The molecule has 1 fully saturated rings. The van der Waals surface area contributed by atoms with Crippen molar-refractivity contribution in [2.45, 2.75) is 45.0 Å². The van der Waals surface area contributed by atoms with Gasteiger partial charge in [0.15, 0.2) is 5.76 Å². The van der Waals surface area contributed by atoms with Gasteiger partial charge in [-0.25, -0.2) is 14.4 Å². The fourth-order valence-electron chi connectivity index (χ4n) is 3.95. The summed E-state index contributed by atoms with van der Waals surface area (Å²) < 4.78 is 21.1. The lowest BCUT2D eigenvalue weighted by molar-refractivity contribution is 0.0725. The summed E-state index contributed by atoms with van der Waals surface area (Å²) in [4.78, 5) is 21.3. The summed E-state index contributed by atoms with van der Waals surface area (Å²) in [5, 5.41) is 12.9. The van der Waals surface area contributed by atoms with E-state index in [0.717, 1.165) is 15.6 Å². The van der Waals surface area contributed by atoms with E-state index in [1.165, 1.54) is 12.5 Å². The molecule has 6 nitrogen and oxygen atoms in total. The van der Waals surface area contributed by atoms with Crippen molar-refractivity contribution in [1.82, 2.24) is 9.97 Å². The van der Waals surface area contributed by atoms with E-state index in [4.69, 9.17) is 4.42 Å². The Labute approximate surface area is 188 Å². The van der Waals surface area contributed by atoms with Crippen LogP contribution in [0.5, 0.6) is 0 Å². The molecule has 4 atom stereocenters. The Bertz CT molecular complexity index is 1100. The number of aromatic nitrogens is 2. The molecule has 31 heavy (non-hydrogen) atoms. The van der Waals surface area contributed by atoms with Crippen LogP contribution in [0.25, 0.3) is 0 Å². The molecular weight excluding hydrogens is 465 g/mol. The van der Waals surface area contributed by atoms with Crippen molar-refractivity contribution < 1.29 is 18.7 Å². The molecule has 0 bridgehead atoms. The normalized spacial score (nSPS) is 23.1. The van der Waals surface area contributed by atoms with Gasteiger partial charge in [-0.05, 0) is 48.6 Å². The quantitative estimate of drug-likeness (QED) is 0.498. The standard InChI is InChI=1S/C23H23BrFN3O3/c1-12-6-18(20(25)21(12)29)28-23-17(10-26-11-27-23)22(30)19-9-15(13(2)31-19)7-14-4-3-5-16(24)8-14/h3-5,8-12,18,20-21,29H,6-7H2,1-2H3,(H,26,27,28)/t12-,18-,20-,21-/m1/s1. The summed E-state index contributed by atoms with van der Waals surface area (Å²) >= 11 is 3.47. The van der Waals surface area contributed by atoms with Crippen LogP contribution in [0.3, 0.4) is 0 Å². The zero-order valence-corrected chi connectivity index (χ0v) is 18.8. The lowest BCUT2D eigenvalue weighted by atomic mass is 10.0. The maximum atomic E-state index is 14.4. The van der Waals surface area contributed by atoms with E-state index in [0.29, 0.717) is 18.6 Å². The third-order valence-electron chi connectivity index (χ3n) is 5.73. The Morgan fingerprint density at radius 2 is 2.19 bits per heavy atom. The maximum absolute atomic E-state index is 14.4. The van der Waals surface area contributed by atoms with Gasteiger partial charge in [-0.1, -0.05) is 35.0 Å². The molecule has 2 heterocycles. The number of hydrogen-bond acceptors (Lipinski definition) is 6. The van der Waals surface area contributed by atoms with E-state index in [2.05, 4.69) is 31.2 Å². The molecule has 0 saturated heterocycles. The molecule has 2 aromatic heterocycles. The van der Waals surface area contributed by atoms with E-state index in [1.54, 1.807) is 13.0 Å². The number of benzene rings is 1. The van der Waals surface area contributed by atoms with E-state index < -0.39 is 18.3 Å². The molecule has 0 spiro atoms. The Morgan fingerprint density at radius 3 is 2.90 bits per heavy atom. The first-order chi connectivity index (χ1) is 14.8. The van der Waals surface area contributed by atoms with Crippen LogP contribution in [0.4, 0.5) is 10.2 Å².